The minimum absolute atomic E-state index is 0.174. The molecule has 1 aromatic carbocycles. The molecule has 2 heteroatoms. The van der Waals surface area contributed by atoms with Gasteiger partial charge in [-0.05, 0) is 30.2 Å². The van der Waals surface area contributed by atoms with Gasteiger partial charge in [-0.1, -0.05) is 18.5 Å². The summed E-state index contributed by atoms with van der Waals surface area (Å²) in [7, 11) is 0. The molecular weight excluding hydrogens is 151 g/mol. The molecule has 0 aromatic heterocycles. The van der Waals surface area contributed by atoms with Crippen LogP contribution in [0, 0.1) is 5.82 Å². The zero-order chi connectivity index (χ0) is 7.56. The zero-order valence-corrected chi connectivity index (χ0v) is 6.45. The molecule has 0 N–H and O–H groups in total. The maximum absolute atomic E-state index is 12.7. The maximum Gasteiger partial charge on any atom is 0.126 e. The van der Waals surface area contributed by atoms with Crippen LogP contribution in [-0.4, -0.2) is 0 Å². The average molecular weight is 159 g/mol. The normalized spacial score (nSPS) is 9.90. The van der Waals surface area contributed by atoms with Crippen molar-refractivity contribution in [2.75, 3.05) is 0 Å². The van der Waals surface area contributed by atoms with Crippen molar-refractivity contribution in [1.82, 2.24) is 0 Å². The van der Waals surface area contributed by atoms with Gasteiger partial charge in [0.05, 0.1) is 0 Å². The summed E-state index contributed by atoms with van der Waals surface area (Å²) >= 11 is 5.63. The first-order chi connectivity index (χ1) is 4.74. The highest BCUT2D eigenvalue weighted by atomic mass is 35.5. The van der Waals surface area contributed by atoms with E-state index in [9.17, 15) is 4.39 Å². The maximum atomic E-state index is 12.7. The van der Waals surface area contributed by atoms with Gasteiger partial charge in [-0.15, -0.1) is 0 Å². The van der Waals surface area contributed by atoms with Crippen LogP contribution in [0.1, 0.15) is 12.5 Å². The van der Waals surface area contributed by atoms with E-state index in [1.165, 1.54) is 6.07 Å². The van der Waals surface area contributed by atoms with Crippen LogP contribution in [0.25, 0.3) is 0 Å². The molecule has 0 unspecified atom stereocenters. The summed E-state index contributed by atoms with van der Waals surface area (Å²) in [5.41, 5.74) is 0.674. The molecule has 0 amide bonds. The third kappa shape index (κ3) is 1.48. The second kappa shape index (κ2) is 3.02. The van der Waals surface area contributed by atoms with Gasteiger partial charge in [-0.2, -0.15) is 0 Å². The van der Waals surface area contributed by atoms with Crippen LogP contribution in [0.4, 0.5) is 4.39 Å². The van der Waals surface area contributed by atoms with E-state index in [-0.39, 0.29) is 5.82 Å². The van der Waals surface area contributed by atoms with Gasteiger partial charge in [-0.25, -0.2) is 4.39 Å². The Balaban J connectivity index is 3.09. The Kier molecular flexibility index (Phi) is 2.28. The van der Waals surface area contributed by atoms with E-state index >= 15 is 0 Å². The van der Waals surface area contributed by atoms with E-state index in [1.54, 1.807) is 12.1 Å². The van der Waals surface area contributed by atoms with Gasteiger partial charge in [0, 0.05) is 5.02 Å². The number of hydrogen-bond donors (Lipinski definition) is 0. The largest absolute Gasteiger partial charge is 0.207 e. The molecule has 0 fully saturated rings. The lowest BCUT2D eigenvalue weighted by atomic mass is 10.2. The molecular formula is C8H8ClF. The van der Waals surface area contributed by atoms with Gasteiger partial charge in [-0.3, -0.25) is 0 Å². The smallest absolute Gasteiger partial charge is 0.126 e. The van der Waals surface area contributed by atoms with Gasteiger partial charge in [0.25, 0.3) is 0 Å². The van der Waals surface area contributed by atoms with E-state index in [1.807, 2.05) is 6.92 Å². The molecule has 0 spiro atoms. The molecule has 0 aliphatic carbocycles. The molecule has 0 atom stereocenters. The van der Waals surface area contributed by atoms with Crippen molar-refractivity contribution in [3.63, 3.8) is 0 Å². The molecule has 0 aliphatic rings. The fraction of sp³-hybridized carbons (Fsp3) is 0.250. The molecule has 0 bridgehead atoms. The monoisotopic (exact) mass is 158 g/mol. The quantitative estimate of drug-likeness (QED) is 0.590. The van der Waals surface area contributed by atoms with Gasteiger partial charge < -0.3 is 0 Å². The Morgan fingerprint density at radius 2 is 2.20 bits per heavy atom. The van der Waals surface area contributed by atoms with E-state index in [2.05, 4.69) is 0 Å². The molecule has 54 valence electrons. The number of halogens is 2. The van der Waals surface area contributed by atoms with Crippen LogP contribution < -0.4 is 0 Å². The van der Waals surface area contributed by atoms with Crippen LogP contribution in [0.3, 0.4) is 0 Å². The van der Waals surface area contributed by atoms with Crippen molar-refractivity contribution in [2.24, 2.45) is 0 Å². The molecule has 0 nitrogen and oxygen atoms in total. The van der Waals surface area contributed by atoms with E-state index < -0.39 is 0 Å². The first-order valence-electron chi connectivity index (χ1n) is 3.18. The second-order valence-electron chi connectivity index (χ2n) is 2.09. The van der Waals surface area contributed by atoms with Crippen molar-refractivity contribution in [3.8, 4) is 0 Å². The molecule has 0 saturated carbocycles. The third-order valence-corrected chi connectivity index (χ3v) is 1.62. The van der Waals surface area contributed by atoms with Crippen molar-refractivity contribution < 1.29 is 4.39 Å². The van der Waals surface area contributed by atoms with E-state index in [0.29, 0.717) is 17.0 Å². The summed E-state index contributed by atoms with van der Waals surface area (Å²) in [4.78, 5) is 0. The van der Waals surface area contributed by atoms with Crippen LogP contribution in [-0.2, 0) is 6.42 Å². The van der Waals surface area contributed by atoms with Crippen LogP contribution in [0.5, 0.6) is 0 Å². The Hall–Kier alpha value is -0.560. The highest BCUT2D eigenvalue weighted by molar-refractivity contribution is 6.30. The SMILES string of the molecule is CCc1cc(Cl)ccc1F. The Morgan fingerprint density at radius 3 is 2.70 bits per heavy atom. The predicted octanol–water partition coefficient (Wildman–Crippen LogP) is 3.04. The first kappa shape index (κ1) is 7.55. The van der Waals surface area contributed by atoms with Gasteiger partial charge in [0.1, 0.15) is 5.82 Å². The average Bonchev–Trinajstić information content (AvgIpc) is 1.94. The molecule has 0 saturated heterocycles. The lowest BCUT2D eigenvalue weighted by Crippen LogP contribution is -1.85. The summed E-state index contributed by atoms with van der Waals surface area (Å²) in [6, 6.07) is 4.59. The summed E-state index contributed by atoms with van der Waals surface area (Å²) in [6.45, 7) is 1.90. The number of benzene rings is 1. The lowest BCUT2D eigenvalue weighted by molar-refractivity contribution is 0.612. The van der Waals surface area contributed by atoms with Crippen molar-refractivity contribution in [3.05, 3.63) is 34.6 Å². The van der Waals surface area contributed by atoms with Crippen LogP contribution >= 0.6 is 11.6 Å². The molecule has 0 heterocycles. The van der Waals surface area contributed by atoms with Crippen molar-refractivity contribution in [1.29, 1.82) is 0 Å². The number of rotatable bonds is 1. The minimum atomic E-state index is -0.174. The second-order valence-corrected chi connectivity index (χ2v) is 2.53. The van der Waals surface area contributed by atoms with E-state index in [0.717, 1.165) is 0 Å². The highest BCUT2D eigenvalue weighted by Gasteiger charge is 1.98. The fourth-order valence-electron chi connectivity index (χ4n) is 0.814. The highest BCUT2D eigenvalue weighted by Crippen LogP contribution is 2.14. The fourth-order valence-corrected chi connectivity index (χ4v) is 1.01. The standard InChI is InChI=1S/C8H8ClF/c1-2-6-5-7(9)3-4-8(6)10/h3-5H,2H2,1H3. The van der Waals surface area contributed by atoms with Crippen LogP contribution in [0.15, 0.2) is 18.2 Å². The number of hydrogen-bond acceptors (Lipinski definition) is 0. The summed E-state index contributed by atoms with van der Waals surface area (Å²) in [5, 5.41) is 0.596. The van der Waals surface area contributed by atoms with Crippen molar-refractivity contribution >= 4 is 11.6 Å². The first-order valence-corrected chi connectivity index (χ1v) is 3.55. The summed E-state index contributed by atoms with van der Waals surface area (Å²) in [5.74, 6) is -0.174. The molecule has 10 heavy (non-hydrogen) atoms. The van der Waals surface area contributed by atoms with Crippen LogP contribution in [0.2, 0.25) is 5.02 Å². The molecule has 1 rings (SSSR count). The topological polar surface area (TPSA) is 0 Å². The van der Waals surface area contributed by atoms with Gasteiger partial charge in [0.2, 0.25) is 0 Å². The number of aryl methyl sites for hydroxylation is 1. The Bertz CT molecular complexity index is 233. The molecule has 1 aromatic rings. The zero-order valence-electron chi connectivity index (χ0n) is 5.70. The molecule has 0 radical (unpaired) electrons. The minimum Gasteiger partial charge on any atom is -0.207 e. The Labute approximate surface area is 64.6 Å². The van der Waals surface area contributed by atoms with Crippen molar-refractivity contribution in [2.45, 2.75) is 13.3 Å². The summed E-state index contributed by atoms with van der Waals surface area (Å²) in [6.07, 6.45) is 0.687. The van der Waals surface area contributed by atoms with Gasteiger partial charge in [0.15, 0.2) is 0 Å². The van der Waals surface area contributed by atoms with Gasteiger partial charge >= 0.3 is 0 Å². The third-order valence-electron chi connectivity index (χ3n) is 1.39. The molecule has 0 aliphatic heterocycles. The predicted molar refractivity (Wildman–Crippen MR) is 40.8 cm³/mol. The lowest BCUT2D eigenvalue weighted by Gasteiger charge is -1.97. The summed E-state index contributed by atoms with van der Waals surface area (Å²) < 4.78 is 12.7. The Morgan fingerprint density at radius 1 is 1.50 bits per heavy atom. The van der Waals surface area contributed by atoms with E-state index in [4.69, 9.17) is 11.6 Å².